The van der Waals surface area contributed by atoms with E-state index in [1.165, 1.54) is 12.7 Å². The normalized spacial score (nSPS) is 10.3. The topological polar surface area (TPSA) is 47.6 Å². The van der Waals surface area contributed by atoms with Crippen molar-refractivity contribution >= 4 is 11.7 Å². The number of ether oxygens (including phenoxy) is 2. The van der Waals surface area contributed by atoms with Crippen LogP contribution in [0.25, 0.3) is 0 Å². The first kappa shape index (κ1) is 16.9. The van der Waals surface area contributed by atoms with E-state index in [0.29, 0.717) is 18.7 Å². The van der Waals surface area contributed by atoms with Gasteiger partial charge in [0.1, 0.15) is 12.4 Å². The number of esters is 1. The zero-order chi connectivity index (χ0) is 16.8. The Morgan fingerprint density at radius 3 is 2.48 bits per heavy atom. The Morgan fingerprint density at radius 2 is 1.74 bits per heavy atom. The van der Waals surface area contributed by atoms with Crippen molar-refractivity contribution < 1.29 is 14.3 Å². The molecule has 4 heteroatoms. The zero-order valence-corrected chi connectivity index (χ0v) is 14.1. The van der Waals surface area contributed by atoms with Crippen LogP contribution >= 0.6 is 0 Å². The van der Waals surface area contributed by atoms with Crippen LogP contribution in [0.3, 0.4) is 0 Å². The standard InChI is InChI=1S/C19H23NO3/c1-13-6-8-17(16(11-13)19(21)22-4)20-9-10-23-18-12-14(2)5-7-15(18)3/h5-8,11-12,20H,9-10H2,1-4H3. The summed E-state index contributed by atoms with van der Waals surface area (Å²) in [7, 11) is 1.39. The molecule has 0 heterocycles. The van der Waals surface area contributed by atoms with E-state index in [0.717, 1.165) is 22.6 Å². The molecule has 0 aliphatic rings. The third-order valence-corrected chi connectivity index (χ3v) is 3.60. The Balaban J connectivity index is 1.96. The van der Waals surface area contributed by atoms with Gasteiger partial charge < -0.3 is 14.8 Å². The predicted molar refractivity (Wildman–Crippen MR) is 92.4 cm³/mol. The molecule has 0 saturated carbocycles. The van der Waals surface area contributed by atoms with Crippen molar-refractivity contribution in [3.8, 4) is 5.75 Å². The number of benzene rings is 2. The Morgan fingerprint density at radius 1 is 1.04 bits per heavy atom. The monoisotopic (exact) mass is 313 g/mol. The lowest BCUT2D eigenvalue weighted by atomic mass is 10.1. The molecule has 2 aromatic carbocycles. The molecule has 0 aliphatic heterocycles. The average molecular weight is 313 g/mol. The maximum atomic E-state index is 11.8. The smallest absolute Gasteiger partial charge is 0.339 e. The minimum Gasteiger partial charge on any atom is -0.491 e. The van der Waals surface area contributed by atoms with Gasteiger partial charge in [-0.3, -0.25) is 0 Å². The van der Waals surface area contributed by atoms with Gasteiger partial charge in [0.05, 0.1) is 12.7 Å². The minimum absolute atomic E-state index is 0.341. The largest absolute Gasteiger partial charge is 0.491 e. The zero-order valence-electron chi connectivity index (χ0n) is 14.1. The molecule has 2 rings (SSSR count). The Bertz CT molecular complexity index is 695. The molecule has 0 bridgehead atoms. The van der Waals surface area contributed by atoms with Gasteiger partial charge in [-0.2, -0.15) is 0 Å². The van der Waals surface area contributed by atoms with E-state index in [4.69, 9.17) is 9.47 Å². The van der Waals surface area contributed by atoms with E-state index in [2.05, 4.69) is 11.4 Å². The maximum Gasteiger partial charge on any atom is 0.339 e. The second-order valence-electron chi connectivity index (χ2n) is 5.58. The quantitative estimate of drug-likeness (QED) is 0.649. The molecule has 0 amide bonds. The summed E-state index contributed by atoms with van der Waals surface area (Å²) in [6.07, 6.45) is 0. The number of anilines is 1. The van der Waals surface area contributed by atoms with E-state index in [1.54, 1.807) is 0 Å². The molecule has 1 N–H and O–H groups in total. The van der Waals surface area contributed by atoms with E-state index >= 15 is 0 Å². The van der Waals surface area contributed by atoms with E-state index in [1.807, 2.05) is 51.1 Å². The van der Waals surface area contributed by atoms with Crippen LogP contribution in [0.15, 0.2) is 36.4 Å². The first-order chi connectivity index (χ1) is 11.0. The van der Waals surface area contributed by atoms with Crippen LogP contribution in [0.2, 0.25) is 0 Å². The van der Waals surface area contributed by atoms with Gasteiger partial charge in [-0.25, -0.2) is 4.79 Å². The Hall–Kier alpha value is -2.49. The van der Waals surface area contributed by atoms with Gasteiger partial charge in [0.25, 0.3) is 0 Å². The lowest BCUT2D eigenvalue weighted by molar-refractivity contribution is 0.0601. The summed E-state index contributed by atoms with van der Waals surface area (Å²) in [5.41, 5.74) is 4.60. The molecule has 0 unspecified atom stereocenters. The molecule has 2 aromatic rings. The highest BCUT2D eigenvalue weighted by Crippen LogP contribution is 2.20. The molecule has 23 heavy (non-hydrogen) atoms. The molecular weight excluding hydrogens is 290 g/mol. The highest BCUT2D eigenvalue weighted by atomic mass is 16.5. The lowest BCUT2D eigenvalue weighted by Crippen LogP contribution is -2.15. The molecule has 0 saturated heterocycles. The van der Waals surface area contributed by atoms with Crippen LogP contribution in [0.1, 0.15) is 27.0 Å². The highest BCUT2D eigenvalue weighted by Gasteiger charge is 2.11. The summed E-state index contributed by atoms with van der Waals surface area (Å²) in [6, 6.07) is 11.8. The third kappa shape index (κ3) is 4.49. The second-order valence-corrected chi connectivity index (χ2v) is 5.58. The van der Waals surface area contributed by atoms with Crippen LogP contribution in [-0.2, 0) is 4.74 Å². The summed E-state index contributed by atoms with van der Waals surface area (Å²) in [5, 5.41) is 3.23. The van der Waals surface area contributed by atoms with E-state index < -0.39 is 0 Å². The molecule has 0 aromatic heterocycles. The van der Waals surface area contributed by atoms with E-state index in [9.17, 15) is 4.79 Å². The van der Waals surface area contributed by atoms with Crippen LogP contribution in [0, 0.1) is 20.8 Å². The van der Waals surface area contributed by atoms with Gasteiger partial charge in [-0.15, -0.1) is 0 Å². The third-order valence-electron chi connectivity index (χ3n) is 3.60. The fourth-order valence-corrected chi connectivity index (χ4v) is 2.30. The van der Waals surface area contributed by atoms with Gasteiger partial charge in [-0.05, 0) is 50.1 Å². The second kappa shape index (κ2) is 7.68. The van der Waals surface area contributed by atoms with Gasteiger partial charge in [0, 0.05) is 12.2 Å². The number of hydrogen-bond acceptors (Lipinski definition) is 4. The van der Waals surface area contributed by atoms with Crippen molar-refractivity contribution in [1.29, 1.82) is 0 Å². The first-order valence-electron chi connectivity index (χ1n) is 7.64. The van der Waals surface area contributed by atoms with Gasteiger partial charge in [0.2, 0.25) is 0 Å². The Kier molecular flexibility index (Phi) is 5.63. The summed E-state index contributed by atoms with van der Waals surface area (Å²) >= 11 is 0. The maximum absolute atomic E-state index is 11.8. The van der Waals surface area contributed by atoms with Crippen molar-refractivity contribution in [2.75, 3.05) is 25.6 Å². The minimum atomic E-state index is -0.341. The molecule has 4 nitrogen and oxygen atoms in total. The fraction of sp³-hybridized carbons (Fsp3) is 0.316. The molecular formula is C19H23NO3. The highest BCUT2D eigenvalue weighted by molar-refractivity contribution is 5.95. The number of aryl methyl sites for hydroxylation is 3. The van der Waals surface area contributed by atoms with Crippen LogP contribution in [0.4, 0.5) is 5.69 Å². The van der Waals surface area contributed by atoms with Crippen LogP contribution < -0.4 is 10.1 Å². The SMILES string of the molecule is COC(=O)c1cc(C)ccc1NCCOc1cc(C)ccc1C. The van der Waals surface area contributed by atoms with Gasteiger partial charge >= 0.3 is 5.97 Å². The first-order valence-corrected chi connectivity index (χ1v) is 7.64. The fourth-order valence-electron chi connectivity index (χ4n) is 2.30. The summed E-state index contributed by atoms with van der Waals surface area (Å²) in [6.45, 7) is 7.12. The summed E-state index contributed by atoms with van der Waals surface area (Å²) < 4.78 is 10.6. The average Bonchev–Trinajstić information content (AvgIpc) is 2.54. The molecule has 0 radical (unpaired) electrons. The summed E-state index contributed by atoms with van der Waals surface area (Å²) in [5.74, 6) is 0.551. The number of hydrogen-bond donors (Lipinski definition) is 1. The van der Waals surface area contributed by atoms with Crippen LogP contribution in [0.5, 0.6) is 5.75 Å². The molecule has 0 atom stereocenters. The van der Waals surface area contributed by atoms with Crippen LogP contribution in [-0.4, -0.2) is 26.2 Å². The number of methoxy groups -OCH3 is 1. The van der Waals surface area contributed by atoms with E-state index in [-0.39, 0.29) is 5.97 Å². The van der Waals surface area contributed by atoms with Crippen molar-refractivity contribution in [2.45, 2.75) is 20.8 Å². The van der Waals surface area contributed by atoms with Gasteiger partial charge in [-0.1, -0.05) is 23.8 Å². The van der Waals surface area contributed by atoms with Crippen molar-refractivity contribution in [3.63, 3.8) is 0 Å². The predicted octanol–water partition coefficient (Wildman–Crippen LogP) is 3.89. The Labute approximate surface area is 137 Å². The molecule has 0 spiro atoms. The number of nitrogens with one attached hydrogen (secondary N) is 1. The van der Waals surface area contributed by atoms with Crippen molar-refractivity contribution in [1.82, 2.24) is 0 Å². The van der Waals surface area contributed by atoms with Gasteiger partial charge in [0.15, 0.2) is 0 Å². The number of carbonyl (C=O) groups is 1. The molecule has 0 fully saturated rings. The molecule has 122 valence electrons. The number of rotatable bonds is 6. The number of carbonyl (C=O) groups excluding carboxylic acids is 1. The lowest BCUT2D eigenvalue weighted by Gasteiger charge is -2.13. The molecule has 0 aliphatic carbocycles. The van der Waals surface area contributed by atoms with Crippen molar-refractivity contribution in [2.24, 2.45) is 0 Å². The summed E-state index contributed by atoms with van der Waals surface area (Å²) in [4.78, 5) is 11.8. The van der Waals surface area contributed by atoms with Crippen molar-refractivity contribution in [3.05, 3.63) is 58.7 Å².